The first-order valence-corrected chi connectivity index (χ1v) is 5.97. The van der Waals surface area contributed by atoms with Gasteiger partial charge in [-0.1, -0.05) is 0 Å². The predicted octanol–water partition coefficient (Wildman–Crippen LogP) is -0.973. The van der Waals surface area contributed by atoms with Crippen molar-refractivity contribution in [1.29, 1.82) is 0 Å². The Morgan fingerprint density at radius 3 is 2.33 bits per heavy atom. The number of esters is 1. The number of likely N-dealkylation sites (N-methyl/N-ethyl adjacent to an activating group) is 1. The van der Waals surface area contributed by atoms with Crippen molar-refractivity contribution in [3.05, 3.63) is 0 Å². The highest BCUT2D eigenvalue weighted by Gasteiger charge is 2.21. The molecule has 104 valence electrons. The number of hydrogen-bond donors (Lipinski definition) is 4. The first-order chi connectivity index (χ1) is 8.46. The number of thiol groups is 1. The topological polar surface area (TPSA) is 105 Å². The van der Waals surface area contributed by atoms with Gasteiger partial charge in [-0.15, -0.1) is 0 Å². The number of carboxylic acids is 1. The normalized spacial score (nSPS) is 13.5. The summed E-state index contributed by atoms with van der Waals surface area (Å²) in [5, 5.41) is 13.7. The molecule has 0 rings (SSSR count). The number of amides is 1. The quantitative estimate of drug-likeness (QED) is 0.336. The van der Waals surface area contributed by atoms with Crippen molar-refractivity contribution in [2.75, 3.05) is 19.9 Å². The summed E-state index contributed by atoms with van der Waals surface area (Å²) in [7, 11) is 2.83. The first-order valence-electron chi connectivity index (χ1n) is 5.34. The molecule has 0 aliphatic heterocycles. The van der Waals surface area contributed by atoms with Crippen molar-refractivity contribution < 1.29 is 24.2 Å². The van der Waals surface area contributed by atoms with Crippen LogP contribution in [-0.4, -0.2) is 54.9 Å². The van der Waals surface area contributed by atoms with E-state index < -0.39 is 29.9 Å². The molecule has 0 spiro atoms. The van der Waals surface area contributed by atoms with Crippen LogP contribution in [-0.2, 0) is 19.1 Å². The molecule has 0 radical (unpaired) electrons. The van der Waals surface area contributed by atoms with Crippen molar-refractivity contribution in [3.63, 3.8) is 0 Å². The Morgan fingerprint density at radius 1 is 1.33 bits per heavy atom. The van der Waals surface area contributed by atoms with Crippen LogP contribution in [0.1, 0.15) is 12.8 Å². The van der Waals surface area contributed by atoms with Gasteiger partial charge in [-0.2, -0.15) is 12.6 Å². The molecule has 8 heteroatoms. The third-order valence-corrected chi connectivity index (χ3v) is 2.68. The van der Waals surface area contributed by atoms with Gasteiger partial charge in [0, 0.05) is 12.2 Å². The highest BCUT2D eigenvalue weighted by Crippen LogP contribution is 2.00. The Labute approximate surface area is 111 Å². The van der Waals surface area contributed by atoms with Crippen molar-refractivity contribution in [3.8, 4) is 0 Å². The molecule has 0 aliphatic carbocycles. The molecule has 0 unspecified atom stereocenters. The van der Waals surface area contributed by atoms with Crippen molar-refractivity contribution >= 4 is 30.5 Å². The number of carbonyl (C=O) groups excluding carboxylic acids is 2. The van der Waals surface area contributed by atoms with Gasteiger partial charge in [-0.25, -0.2) is 4.79 Å². The third kappa shape index (κ3) is 5.87. The van der Waals surface area contributed by atoms with Crippen LogP contribution in [0.15, 0.2) is 0 Å². The Kier molecular flexibility index (Phi) is 8.14. The van der Waals surface area contributed by atoms with E-state index >= 15 is 0 Å². The molecule has 3 N–H and O–H groups in total. The van der Waals surface area contributed by atoms with E-state index in [1.54, 1.807) is 7.05 Å². The van der Waals surface area contributed by atoms with Gasteiger partial charge in [0.05, 0.1) is 7.11 Å². The second-order valence-electron chi connectivity index (χ2n) is 3.54. The van der Waals surface area contributed by atoms with Gasteiger partial charge in [0.15, 0.2) is 0 Å². The number of aliphatic carboxylic acids is 1. The Bertz CT molecular complexity index is 311. The minimum atomic E-state index is -1.14. The van der Waals surface area contributed by atoms with Crippen LogP contribution in [0, 0.1) is 0 Å². The van der Waals surface area contributed by atoms with Gasteiger partial charge in [-0.3, -0.25) is 9.59 Å². The number of carbonyl (C=O) groups is 3. The monoisotopic (exact) mass is 278 g/mol. The number of rotatable bonds is 8. The third-order valence-electron chi connectivity index (χ3n) is 2.31. The number of ether oxygens (including phenoxy) is 1. The second kappa shape index (κ2) is 8.76. The molecule has 1 amide bonds. The minimum absolute atomic E-state index is 0.00747. The molecule has 7 nitrogen and oxygen atoms in total. The van der Waals surface area contributed by atoms with Gasteiger partial charge >= 0.3 is 11.9 Å². The van der Waals surface area contributed by atoms with Crippen LogP contribution >= 0.6 is 12.6 Å². The molecular weight excluding hydrogens is 260 g/mol. The molecule has 0 heterocycles. The highest BCUT2D eigenvalue weighted by molar-refractivity contribution is 7.80. The average Bonchev–Trinajstić information content (AvgIpc) is 2.35. The van der Waals surface area contributed by atoms with Crippen molar-refractivity contribution in [2.24, 2.45) is 0 Å². The summed E-state index contributed by atoms with van der Waals surface area (Å²) in [6, 6.07) is -1.60. The van der Waals surface area contributed by atoms with E-state index in [2.05, 4.69) is 28.0 Å². The summed E-state index contributed by atoms with van der Waals surface area (Å²) in [5.41, 5.74) is 0. The van der Waals surface area contributed by atoms with E-state index in [1.807, 2.05) is 0 Å². The lowest BCUT2D eigenvalue weighted by molar-refractivity contribution is -0.144. The van der Waals surface area contributed by atoms with E-state index in [4.69, 9.17) is 5.11 Å². The minimum Gasteiger partial charge on any atom is -0.480 e. The molecule has 0 saturated carbocycles. The molecular formula is C10H18N2O5S. The van der Waals surface area contributed by atoms with Crippen LogP contribution < -0.4 is 10.6 Å². The number of hydrogen-bond acceptors (Lipinski definition) is 6. The summed E-state index contributed by atoms with van der Waals surface area (Å²) in [6.45, 7) is 0. The van der Waals surface area contributed by atoms with Gasteiger partial charge in [-0.05, 0) is 13.5 Å². The van der Waals surface area contributed by atoms with Gasteiger partial charge in [0.1, 0.15) is 12.1 Å². The Balaban J connectivity index is 4.16. The van der Waals surface area contributed by atoms with Crippen LogP contribution in [0.4, 0.5) is 0 Å². The standard InChI is InChI=1S/C10H18N2O5S/c1-11-6(10(16)17-2)3-4-8(13)12-7(5-18)9(14)15/h6-7,11,18H,3-5H2,1-2H3,(H,12,13)(H,14,15)/t6-,7-/m0/s1. The summed E-state index contributed by atoms with van der Waals surface area (Å²) in [6.07, 6.45) is 0.256. The summed E-state index contributed by atoms with van der Waals surface area (Å²) in [4.78, 5) is 33.3. The van der Waals surface area contributed by atoms with Crippen molar-refractivity contribution in [2.45, 2.75) is 24.9 Å². The van der Waals surface area contributed by atoms with E-state index in [0.717, 1.165) is 0 Å². The lowest BCUT2D eigenvalue weighted by atomic mass is 10.1. The number of carboxylic acid groups (broad SMARTS) is 1. The summed E-state index contributed by atoms with van der Waals surface area (Å²) < 4.78 is 4.54. The lowest BCUT2D eigenvalue weighted by Crippen LogP contribution is -2.43. The molecule has 18 heavy (non-hydrogen) atoms. The zero-order valence-corrected chi connectivity index (χ0v) is 11.2. The molecule has 0 aromatic carbocycles. The molecule has 0 fully saturated rings. The largest absolute Gasteiger partial charge is 0.480 e. The second-order valence-corrected chi connectivity index (χ2v) is 3.91. The molecule has 0 bridgehead atoms. The van der Waals surface area contributed by atoms with Gasteiger partial charge in [0.25, 0.3) is 0 Å². The maximum atomic E-state index is 11.5. The molecule has 0 saturated heterocycles. The zero-order chi connectivity index (χ0) is 14.1. The van der Waals surface area contributed by atoms with E-state index in [9.17, 15) is 14.4 Å². The zero-order valence-electron chi connectivity index (χ0n) is 10.3. The maximum absolute atomic E-state index is 11.5. The Morgan fingerprint density at radius 2 is 1.94 bits per heavy atom. The number of nitrogens with one attached hydrogen (secondary N) is 2. The Hall–Kier alpha value is -1.28. The lowest BCUT2D eigenvalue weighted by Gasteiger charge is -2.15. The molecule has 2 atom stereocenters. The molecule has 0 aromatic heterocycles. The van der Waals surface area contributed by atoms with Crippen LogP contribution in [0.3, 0.4) is 0 Å². The fraction of sp³-hybridized carbons (Fsp3) is 0.700. The maximum Gasteiger partial charge on any atom is 0.327 e. The first kappa shape index (κ1) is 16.7. The van der Waals surface area contributed by atoms with Crippen molar-refractivity contribution in [1.82, 2.24) is 10.6 Å². The van der Waals surface area contributed by atoms with Gasteiger partial charge < -0.3 is 20.5 Å². The van der Waals surface area contributed by atoms with Crippen LogP contribution in [0.5, 0.6) is 0 Å². The van der Waals surface area contributed by atoms with E-state index in [1.165, 1.54) is 7.11 Å². The molecule has 0 aliphatic rings. The number of methoxy groups -OCH3 is 1. The SMILES string of the molecule is CN[C@@H](CCC(=O)N[C@@H](CS)C(=O)O)C(=O)OC. The van der Waals surface area contributed by atoms with Crippen LogP contribution in [0.2, 0.25) is 0 Å². The van der Waals surface area contributed by atoms with E-state index in [0.29, 0.717) is 0 Å². The fourth-order valence-corrected chi connectivity index (χ4v) is 1.50. The van der Waals surface area contributed by atoms with Gasteiger partial charge in [0.2, 0.25) is 5.91 Å². The molecule has 0 aromatic rings. The summed E-state index contributed by atoms with van der Waals surface area (Å²) >= 11 is 3.82. The summed E-state index contributed by atoms with van der Waals surface area (Å²) in [5.74, 6) is -2.04. The van der Waals surface area contributed by atoms with Crippen LogP contribution in [0.25, 0.3) is 0 Å². The van der Waals surface area contributed by atoms with E-state index in [-0.39, 0.29) is 18.6 Å². The average molecular weight is 278 g/mol. The highest BCUT2D eigenvalue weighted by atomic mass is 32.1. The predicted molar refractivity (Wildman–Crippen MR) is 67.5 cm³/mol. The smallest absolute Gasteiger partial charge is 0.327 e. The fourth-order valence-electron chi connectivity index (χ4n) is 1.25.